The standard InChI is InChI=1S/C13H16BrCl2N5O/c1-3-20-7-9(14)11(19-20)13(22)17-5-4-6-21-12(16)10(15)8(2)18-21/h7H,3-6H2,1-2H3,(H,17,22). The molecule has 0 unspecified atom stereocenters. The van der Waals surface area contributed by atoms with E-state index >= 15 is 0 Å². The fourth-order valence-corrected chi connectivity index (χ4v) is 2.80. The summed E-state index contributed by atoms with van der Waals surface area (Å²) in [5.41, 5.74) is 1.09. The molecule has 2 rings (SSSR count). The van der Waals surface area contributed by atoms with E-state index in [-0.39, 0.29) is 5.91 Å². The number of carbonyl (C=O) groups excluding carboxylic acids is 1. The average molecular weight is 409 g/mol. The molecule has 22 heavy (non-hydrogen) atoms. The van der Waals surface area contributed by atoms with Crippen LogP contribution in [0, 0.1) is 6.92 Å². The normalized spacial score (nSPS) is 11.0. The second-order valence-corrected chi connectivity index (χ2v) is 6.29. The molecule has 0 aromatic carbocycles. The summed E-state index contributed by atoms with van der Waals surface area (Å²) in [5, 5.41) is 12.2. The number of carbonyl (C=O) groups is 1. The summed E-state index contributed by atoms with van der Waals surface area (Å²) < 4.78 is 4.02. The van der Waals surface area contributed by atoms with Crippen LogP contribution >= 0.6 is 39.1 Å². The molecular formula is C13H16BrCl2N5O. The maximum atomic E-state index is 12.0. The molecule has 2 aromatic rings. The van der Waals surface area contributed by atoms with Crippen LogP contribution in [0.2, 0.25) is 10.2 Å². The molecule has 0 saturated heterocycles. The van der Waals surface area contributed by atoms with E-state index in [1.165, 1.54) is 0 Å². The molecule has 120 valence electrons. The van der Waals surface area contributed by atoms with Gasteiger partial charge in [-0.15, -0.1) is 0 Å². The molecule has 0 spiro atoms. The Morgan fingerprint density at radius 3 is 2.68 bits per heavy atom. The zero-order chi connectivity index (χ0) is 16.3. The third kappa shape index (κ3) is 3.83. The van der Waals surface area contributed by atoms with E-state index in [2.05, 4.69) is 31.4 Å². The Hall–Kier alpha value is -1.05. The summed E-state index contributed by atoms with van der Waals surface area (Å²) in [6, 6.07) is 0. The lowest BCUT2D eigenvalue weighted by Gasteiger charge is -2.05. The first kappa shape index (κ1) is 17.3. The SMILES string of the molecule is CCn1cc(Br)c(C(=O)NCCCn2nc(C)c(Cl)c2Cl)n1. The Balaban J connectivity index is 1.84. The predicted molar refractivity (Wildman–Crippen MR) is 89.5 cm³/mol. The number of aromatic nitrogens is 4. The summed E-state index contributed by atoms with van der Waals surface area (Å²) in [6.45, 7) is 5.55. The van der Waals surface area contributed by atoms with Crippen molar-refractivity contribution in [2.24, 2.45) is 0 Å². The third-order valence-electron chi connectivity index (χ3n) is 3.08. The van der Waals surface area contributed by atoms with Crippen molar-refractivity contribution in [1.82, 2.24) is 24.9 Å². The van der Waals surface area contributed by atoms with Crippen LogP contribution in [0.3, 0.4) is 0 Å². The van der Waals surface area contributed by atoms with Crippen LogP contribution < -0.4 is 5.32 Å². The minimum atomic E-state index is -0.208. The van der Waals surface area contributed by atoms with E-state index in [4.69, 9.17) is 23.2 Å². The fourth-order valence-electron chi connectivity index (χ4n) is 1.91. The molecule has 0 aliphatic carbocycles. The molecule has 2 aromatic heterocycles. The first-order chi connectivity index (χ1) is 10.4. The van der Waals surface area contributed by atoms with Crippen molar-refractivity contribution >= 4 is 45.0 Å². The van der Waals surface area contributed by atoms with Crippen molar-refractivity contribution in [1.29, 1.82) is 0 Å². The van der Waals surface area contributed by atoms with Crippen molar-refractivity contribution < 1.29 is 4.79 Å². The third-order valence-corrected chi connectivity index (χ3v) is 4.60. The number of nitrogens with one attached hydrogen (secondary N) is 1. The fraction of sp³-hybridized carbons (Fsp3) is 0.462. The van der Waals surface area contributed by atoms with E-state index in [9.17, 15) is 4.79 Å². The van der Waals surface area contributed by atoms with Crippen molar-refractivity contribution in [3.63, 3.8) is 0 Å². The zero-order valence-corrected chi connectivity index (χ0v) is 15.3. The van der Waals surface area contributed by atoms with Crippen LogP contribution in [0.4, 0.5) is 0 Å². The quantitative estimate of drug-likeness (QED) is 0.745. The van der Waals surface area contributed by atoms with Crippen LogP contribution in [0.1, 0.15) is 29.5 Å². The summed E-state index contributed by atoms with van der Waals surface area (Å²) in [6.07, 6.45) is 2.47. The molecule has 0 atom stereocenters. The second kappa shape index (κ2) is 7.48. The second-order valence-electron chi connectivity index (χ2n) is 4.70. The summed E-state index contributed by atoms with van der Waals surface area (Å²) in [4.78, 5) is 12.0. The summed E-state index contributed by atoms with van der Waals surface area (Å²) in [5.74, 6) is -0.208. The summed E-state index contributed by atoms with van der Waals surface area (Å²) >= 11 is 15.4. The lowest BCUT2D eigenvalue weighted by Crippen LogP contribution is -2.26. The van der Waals surface area contributed by atoms with Crippen LogP contribution in [0.25, 0.3) is 0 Å². The maximum absolute atomic E-state index is 12.0. The highest BCUT2D eigenvalue weighted by atomic mass is 79.9. The van der Waals surface area contributed by atoms with Gasteiger partial charge in [-0.05, 0) is 36.2 Å². The van der Waals surface area contributed by atoms with Gasteiger partial charge in [0.1, 0.15) is 10.2 Å². The maximum Gasteiger partial charge on any atom is 0.272 e. The van der Waals surface area contributed by atoms with Crippen molar-refractivity contribution in [3.05, 3.63) is 32.2 Å². The van der Waals surface area contributed by atoms with Gasteiger partial charge < -0.3 is 5.32 Å². The topological polar surface area (TPSA) is 64.7 Å². The Bertz CT molecular complexity index is 682. The molecule has 1 N–H and O–H groups in total. The Morgan fingerprint density at radius 2 is 2.14 bits per heavy atom. The van der Waals surface area contributed by atoms with Crippen molar-refractivity contribution in [2.45, 2.75) is 33.4 Å². The molecule has 0 fully saturated rings. The van der Waals surface area contributed by atoms with Gasteiger partial charge in [0.05, 0.1) is 10.2 Å². The first-order valence-electron chi connectivity index (χ1n) is 6.83. The van der Waals surface area contributed by atoms with Gasteiger partial charge in [-0.1, -0.05) is 23.2 Å². The van der Waals surface area contributed by atoms with Crippen LogP contribution in [-0.4, -0.2) is 32.0 Å². The molecule has 0 aliphatic rings. The number of nitrogens with zero attached hydrogens (tertiary/aromatic N) is 4. The lowest BCUT2D eigenvalue weighted by molar-refractivity contribution is 0.0946. The number of aryl methyl sites for hydroxylation is 3. The van der Waals surface area contributed by atoms with E-state index in [1.54, 1.807) is 22.5 Å². The lowest BCUT2D eigenvalue weighted by atomic mass is 10.3. The van der Waals surface area contributed by atoms with E-state index in [0.29, 0.717) is 52.1 Å². The molecular weight excluding hydrogens is 393 g/mol. The predicted octanol–water partition coefficient (Wildman–Crippen LogP) is 3.30. The van der Waals surface area contributed by atoms with Gasteiger partial charge in [0.2, 0.25) is 0 Å². The van der Waals surface area contributed by atoms with E-state index in [1.807, 2.05) is 6.92 Å². The zero-order valence-electron chi connectivity index (χ0n) is 12.2. The molecule has 0 saturated carbocycles. The molecule has 0 aliphatic heterocycles. The van der Waals surface area contributed by atoms with Crippen LogP contribution in [0.5, 0.6) is 0 Å². The highest BCUT2D eigenvalue weighted by molar-refractivity contribution is 9.10. The molecule has 2 heterocycles. The average Bonchev–Trinajstić information content (AvgIpc) is 2.99. The highest BCUT2D eigenvalue weighted by Gasteiger charge is 2.15. The number of amides is 1. The van der Waals surface area contributed by atoms with E-state index < -0.39 is 0 Å². The molecule has 6 nitrogen and oxygen atoms in total. The highest BCUT2D eigenvalue weighted by Crippen LogP contribution is 2.24. The van der Waals surface area contributed by atoms with Crippen molar-refractivity contribution in [2.75, 3.05) is 6.54 Å². The number of hydrogen-bond donors (Lipinski definition) is 1. The summed E-state index contributed by atoms with van der Waals surface area (Å²) in [7, 11) is 0. The number of rotatable bonds is 6. The van der Waals surface area contributed by atoms with Crippen molar-refractivity contribution in [3.8, 4) is 0 Å². The first-order valence-corrected chi connectivity index (χ1v) is 8.38. The molecule has 9 heteroatoms. The smallest absolute Gasteiger partial charge is 0.272 e. The Labute approximate surface area is 146 Å². The van der Waals surface area contributed by atoms with Gasteiger partial charge >= 0.3 is 0 Å². The monoisotopic (exact) mass is 407 g/mol. The van der Waals surface area contributed by atoms with Crippen LogP contribution in [-0.2, 0) is 13.1 Å². The minimum Gasteiger partial charge on any atom is -0.351 e. The number of hydrogen-bond acceptors (Lipinski definition) is 3. The minimum absolute atomic E-state index is 0.208. The molecule has 0 radical (unpaired) electrons. The Kier molecular flexibility index (Phi) is 5.88. The van der Waals surface area contributed by atoms with Crippen LogP contribution in [0.15, 0.2) is 10.7 Å². The van der Waals surface area contributed by atoms with Gasteiger partial charge in [-0.2, -0.15) is 10.2 Å². The number of halogens is 3. The van der Waals surface area contributed by atoms with Gasteiger partial charge in [-0.3, -0.25) is 14.2 Å². The Morgan fingerprint density at radius 1 is 1.41 bits per heavy atom. The van der Waals surface area contributed by atoms with Gasteiger partial charge in [0, 0.05) is 25.8 Å². The van der Waals surface area contributed by atoms with Gasteiger partial charge in [0.25, 0.3) is 5.91 Å². The van der Waals surface area contributed by atoms with Gasteiger partial charge in [-0.25, -0.2) is 0 Å². The van der Waals surface area contributed by atoms with Gasteiger partial charge in [0.15, 0.2) is 5.69 Å². The molecule has 0 bridgehead atoms. The van der Waals surface area contributed by atoms with E-state index in [0.717, 1.165) is 0 Å². The molecule has 1 amide bonds. The largest absolute Gasteiger partial charge is 0.351 e.